The summed E-state index contributed by atoms with van der Waals surface area (Å²) in [6, 6.07) is 11.7. The van der Waals surface area contributed by atoms with Gasteiger partial charge in [0.05, 0.1) is 23.5 Å². The second-order valence-corrected chi connectivity index (χ2v) is 5.02. The maximum absolute atomic E-state index is 9.85. The third kappa shape index (κ3) is 2.17. The van der Waals surface area contributed by atoms with Crippen LogP contribution in [0, 0.1) is 11.3 Å². The van der Waals surface area contributed by atoms with E-state index in [-0.39, 0.29) is 5.75 Å². The number of benzene rings is 1. The molecule has 5 heteroatoms. The minimum Gasteiger partial charge on any atom is -0.506 e. The molecule has 0 amide bonds. The lowest BCUT2D eigenvalue weighted by Gasteiger charge is -2.13. The van der Waals surface area contributed by atoms with Crippen molar-refractivity contribution in [1.82, 2.24) is 9.61 Å². The van der Waals surface area contributed by atoms with Crippen LogP contribution in [-0.4, -0.2) is 28.8 Å². The standard InChI is InChI=1S/C16H14N4O/c1-19(2)13-5-3-11(4-6-13)15-7-14(21)10-20-16(15)12(8-17)9-18-20/h3-7,9-10,21H,1-2H3. The number of nitrogens with zero attached hydrogens (tertiary/aromatic N) is 4. The molecular formula is C16H14N4O. The number of fused-ring (bicyclic) bond motifs is 1. The number of anilines is 1. The topological polar surface area (TPSA) is 64.6 Å². The third-order valence-electron chi connectivity index (χ3n) is 3.41. The van der Waals surface area contributed by atoms with Crippen LogP contribution >= 0.6 is 0 Å². The lowest BCUT2D eigenvalue weighted by molar-refractivity contribution is 0.471. The van der Waals surface area contributed by atoms with Crippen LogP contribution in [0.15, 0.2) is 42.7 Å². The monoisotopic (exact) mass is 278 g/mol. The highest BCUT2D eigenvalue weighted by Gasteiger charge is 2.12. The van der Waals surface area contributed by atoms with Crippen LogP contribution in [0.5, 0.6) is 5.75 Å². The van der Waals surface area contributed by atoms with Gasteiger partial charge in [-0.1, -0.05) is 12.1 Å². The van der Waals surface area contributed by atoms with Crippen molar-refractivity contribution in [2.75, 3.05) is 19.0 Å². The Morgan fingerprint density at radius 1 is 1.24 bits per heavy atom. The zero-order valence-corrected chi connectivity index (χ0v) is 11.8. The summed E-state index contributed by atoms with van der Waals surface area (Å²) in [6.45, 7) is 0. The van der Waals surface area contributed by atoms with Gasteiger partial charge in [-0.05, 0) is 23.8 Å². The summed E-state index contributed by atoms with van der Waals surface area (Å²) >= 11 is 0. The van der Waals surface area contributed by atoms with Crippen molar-refractivity contribution in [3.8, 4) is 22.9 Å². The molecule has 1 aromatic carbocycles. The van der Waals surface area contributed by atoms with Crippen molar-refractivity contribution in [3.63, 3.8) is 0 Å². The second kappa shape index (κ2) is 4.84. The van der Waals surface area contributed by atoms with Crippen molar-refractivity contribution >= 4 is 11.2 Å². The van der Waals surface area contributed by atoms with Crippen molar-refractivity contribution in [1.29, 1.82) is 5.26 Å². The third-order valence-corrected chi connectivity index (χ3v) is 3.41. The highest BCUT2D eigenvalue weighted by molar-refractivity contribution is 5.85. The molecular weight excluding hydrogens is 264 g/mol. The van der Waals surface area contributed by atoms with E-state index in [1.54, 1.807) is 6.07 Å². The Balaban J connectivity index is 2.24. The highest BCUT2D eigenvalue weighted by Crippen LogP contribution is 2.31. The number of rotatable bonds is 2. The SMILES string of the molecule is CN(C)c1ccc(-c2cc(O)cn3ncc(C#N)c23)cc1. The van der Waals surface area contributed by atoms with E-state index in [0.29, 0.717) is 11.1 Å². The molecule has 21 heavy (non-hydrogen) atoms. The smallest absolute Gasteiger partial charge is 0.134 e. The van der Waals surface area contributed by atoms with Gasteiger partial charge < -0.3 is 10.0 Å². The molecule has 0 aliphatic heterocycles. The molecule has 104 valence electrons. The molecule has 0 aliphatic rings. The average molecular weight is 278 g/mol. The van der Waals surface area contributed by atoms with Gasteiger partial charge in [-0.3, -0.25) is 0 Å². The summed E-state index contributed by atoms with van der Waals surface area (Å²) in [5, 5.41) is 23.2. The fourth-order valence-electron chi connectivity index (χ4n) is 2.35. The normalized spacial score (nSPS) is 10.5. The molecule has 0 radical (unpaired) electrons. The molecule has 0 saturated heterocycles. The Labute approximate surface area is 122 Å². The van der Waals surface area contributed by atoms with E-state index in [9.17, 15) is 10.4 Å². The first kappa shape index (κ1) is 13.0. The van der Waals surface area contributed by atoms with Crippen LogP contribution in [0.4, 0.5) is 5.69 Å². The maximum Gasteiger partial charge on any atom is 0.134 e. The van der Waals surface area contributed by atoms with Crippen LogP contribution in [0.3, 0.4) is 0 Å². The first-order valence-corrected chi connectivity index (χ1v) is 6.48. The van der Waals surface area contributed by atoms with E-state index in [1.807, 2.05) is 43.3 Å². The van der Waals surface area contributed by atoms with Gasteiger partial charge in [0.25, 0.3) is 0 Å². The molecule has 0 saturated carbocycles. The Hall–Kier alpha value is -3.00. The van der Waals surface area contributed by atoms with Gasteiger partial charge in [-0.15, -0.1) is 0 Å². The predicted octanol–water partition coefficient (Wildman–Crippen LogP) is 2.64. The van der Waals surface area contributed by atoms with E-state index in [0.717, 1.165) is 16.8 Å². The molecule has 5 nitrogen and oxygen atoms in total. The van der Waals surface area contributed by atoms with Gasteiger partial charge in [0.15, 0.2) is 0 Å². The number of nitriles is 1. The quantitative estimate of drug-likeness (QED) is 0.782. The largest absolute Gasteiger partial charge is 0.506 e. The minimum atomic E-state index is 0.113. The zero-order valence-electron chi connectivity index (χ0n) is 11.8. The molecule has 3 rings (SSSR count). The molecule has 3 aromatic rings. The van der Waals surface area contributed by atoms with Gasteiger partial charge in [0, 0.05) is 25.3 Å². The van der Waals surface area contributed by atoms with Gasteiger partial charge in [-0.2, -0.15) is 10.4 Å². The molecule has 0 fully saturated rings. The summed E-state index contributed by atoms with van der Waals surface area (Å²) < 4.78 is 1.53. The first-order chi connectivity index (χ1) is 10.1. The van der Waals surface area contributed by atoms with Crippen LogP contribution in [0.25, 0.3) is 16.6 Å². The summed E-state index contributed by atoms with van der Waals surface area (Å²) in [5.41, 5.74) is 3.99. The second-order valence-electron chi connectivity index (χ2n) is 5.02. The van der Waals surface area contributed by atoms with Crippen molar-refractivity contribution in [2.24, 2.45) is 0 Å². The Morgan fingerprint density at radius 3 is 2.57 bits per heavy atom. The molecule has 0 bridgehead atoms. The highest BCUT2D eigenvalue weighted by atomic mass is 16.3. The summed E-state index contributed by atoms with van der Waals surface area (Å²) in [4.78, 5) is 2.02. The fraction of sp³-hybridized carbons (Fsp3) is 0.125. The van der Waals surface area contributed by atoms with E-state index in [1.165, 1.54) is 16.9 Å². The van der Waals surface area contributed by atoms with Crippen LogP contribution in [0.1, 0.15) is 5.56 Å². The molecule has 0 unspecified atom stereocenters. The van der Waals surface area contributed by atoms with E-state index in [4.69, 9.17) is 0 Å². The molecule has 2 heterocycles. The molecule has 0 atom stereocenters. The van der Waals surface area contributed by atoms with E-state index in [2.05, 4.69) is 11.2 Å². The van der Waals surface area contributed by atoms with E-state index >= 15 is 0 Å². The Bertz CT molecular complexity index is 841. The number of aromatic nitrogens is 2. The predicted molar refractivity (Wildman–Crippen MR) is 81.3 cm³/mol. The number of pyridine rings is 1. The number of hydrogen-bond donors (Lipinski definition) is 1. The summed E-state index contributed by atoms with van der Waals surface area (Å²) in [6.07, 6.45) is 3.00. The summed E-state index contributed by atoms with van der Waals surface area (Å²) in [7, 11) is 3.96. The molecule has 0 aliphatic carbocycles. The van der Waals surface area contributed by atoms with Crippen molar-refractivity contribution in [3.05, 3.63) is 48.3 Å². The lowest BCUT2D eigenvalue weighted by Crippen LogP contribution is -2.07. The Kier molecular flexibility index (Phi) is 2.99. The van der Waals surface area contributed by atoms with Gasteiger partial charge in [0.1, 0.15) is 11.8 Å². The average Bonchev–Trinajstić information content (AvgIpc) is 2.89. The molecule has 1 N–H and O–H groups in total. The first-order valence-electron chi connectivity index (χ1n) is 6.48. The van der Waals surface area contributed by atoms with Crippen LogP contribution in [0.2, 0.25) is 0 Å². The van der Waals surface area contributed by atoms with Crippen LogP contribution in [-0.2, 0) is 0 Å². The Morgan fingerprint density at radius 2 is 1.95 bits per heavy atom. The summed E-state index contributed by atoms with van der Waals surface area (Å²) in [5.74, 6) is 0.113. The van der Waals surface area contributed by atoms with Crippen molar-refractivity contribution < 1.29 is 5.11 Å². The number of aromatic hydroxyl groups is 1. The van der Waals surface area contributed by atoms with Gasteiger partial charge in [0.2, 0.25) is 0 Å². The molecule has 0 spiro atoms. The van der Waals surface area contributed by atoms with Gasteiger partial charge in [-0.25, -0.2) is 4.52 Å². The van der Waals surface area contributed by atoms with E-state index < -0.39 is 0 Å². The molecule has 2 aromatic heterocycles. The van der Waals surface area contributed by atoms with Crippen LogP contribution < -0.4 is 4.90 Å². The van der Waals surface area contributed by atoms with Gasteiger partial charge >= 0.3 is 0 Å². The maximum atomic E-state index is 9.85. The van der Waals surface area contributed by atoms with Crippen molar-refractivity contribution in [2.45, 2.75) is 0 Å². The number of hydrogen-bond acceptors (Lipinski definition) is 4. The minimum absolute atomic E-state index is 0.113. The fourth-order valence-corrected chi connectivity index (χ4v) is 2.35. The lowest BCUT2D eigenvalue weighted by atomic mass is 10.0. The zero-order chi connectivity index (χ0) is 15.0.